The summed E-state index contributed by atoms with van der Waals surface area (Å²) in [5.74, 6) is 0.332. The van der Waals surface area contributed by atoms with Crippen LogP contribution in [-0.4, -0.2) is 20.6 Å². The van der Waals surface area contributed by atoms with Crippen LogP contribution in [0.25, 0.3) is 11.3 Å². The largest absolute Gasteiger partial charge is 0.451 e. The molecule has 2 aromatic carbocycles. The van der Waals surface area contributed by atoms with Crippen LogP contribution in [0.3, 0.4) is 0 Å². The maximum Gasteiger partial charge on any atom is 0.291 e. The van der Waals surface area contributed by atoms with Gasteiger partial charge in [0.25, 0.3) is 5.91 Å². The second-order valence-corrected chi connectivity index (χ2v) is 8.35. The van der Waals surface area contributed by atoms with Crippen molar-refractivity contribution < 1.29 is 17.6 Å². The zero-order valence-corrected chi connectivity index (χ0v) is 16.3. The first-order valence-corrected chi connectivity index (χ1v) is 10.5. The first-order valence-electron chi connectivity index (χ1n) is 8.59. The second-order valence-electron chi connectivity index (χ2n) is 6.37. The highest BCUT2D eigenvalue weighted by atomic mass is 32.2. The lowest BCUT2D eigenvalue weighted by atomic mass is 10.1. The number of carbonyl (C=O) groups is 1. The van der Waals surface area contributed by atoms with Gasteiger partial charge in [-0.3, -0.25) is 4.79 Å². The van der Waals surface area contributed by atoms with E-state index in [-0.39, 0.29) is 10.7 Å². The van der Waals surface area contributed by atoms with E-state index in [1.807, 2.05) is 24.3 Å². The van der Waals surface area contributed by atoms with Gasteiger partial charge in [-0.2, -0.15) is 0 Å². The van der Waals surface area contributed by atoms with Gasteiger partial charge in [0.15, 0.2) is 15.6 Å². The zero-order valence-electron chi connectivity index (χ0n) is 15.4. The van der Waals surface area contributed by atoms with E-state index >= 15 is 0 Å². The molecule has 0 saturated heterocycles. The van der Waals surface area contributed by atoms with Crippen molar-refractivity contribution in [3.8, 4) is 11.3 Å². The zero-order chi connectivity index (χ0) is 19.6. The molecule has 3 rings (SSSR count). The van der Waals surface area contributed by atoms with E-state index in [1.165, 1.54) is 11.6 Å². The highest BCUT2D eigenvalue weighted by Gasteiger charge is 2.17. The Morgan fingerprint density at radius 3 is 2.37 bits per heavy atom. The Morgan fingerprint density at radius 1 is 1.04 bits per heavy atom. The van der Waals surface area contributed by atoms with Gasteiger partial charge in [0.1, 0.15) is 5.76 Å². The molecule has 27 heavy (non-hydrogen) atoms. The number of aryl methyl sites for hydroxylation is 1. The van der Waals surface area contributed by atoms with Gasteiger partial charge >= 0.3 is 0 Å². The van der Waals surface area contributed by atoms with Crippen LogP contribution in [0.4, 0.5) is 5.69 Å². The number of hydrogen-bond donors (Lipinski definition) is 1. The fraction of sp³-hybridized carbons (Fsp3) is 0.190. The Bertz CT molecular complexity index is 1080. The minimum absolute atomic E-state index is 0.161. The third kappa shape index (κ3) is 4.11. The van der Waals surface area contributed by atoms with Crippen molar-refractivity contribution in [2.75, 3.05) is 11.6 Å². The van der Waals surface area contributed by atoms with Gasteiger partial charge in [-0.05, 0) is 48.7 Å². The Kier molecular flexibility index (Phi) is 5.19. The molecule has 1 aromatic heterocycles. The summed E-state index contributed by atoms with van der Waals surface area (Å²) in [6, 6.07) is 16.1. The van der Waals surface area contributed by atoms with E-state index < -0.39 is 15.7 Å². The lowest BCUT2D eigenvalue weighted by Crippen LogP contribution is -2.13. The summed E-state index contributed by atoms with van der Waals surface area (Å²) in [4.78, 5) is 12.7. The van der Waals surface area contributed by atoms with Crippen molar-refractivity contribution in [3.05, 3.63) is 71.5 Å². The molecule has 140 valence electrons. The lowest BCUT2D eigenvalue weighted by Gasteiger charge is -2.10. The van der Waals surface area contributed by atoms with Crippen LogP contribution in [0.5, 0.6) is 0 Å². The predicted molar refractivity (Wildman–Crippen MR) is 106 cm³/mol. The minimum atomic E-state index is -3.37. The SMILES string of the molecule is CCc1ccc(-c2ccc(C(=O)Nc3cccc(S(C)(=O)=O)c3C)o2)cc1. The quantitative estimate of drug-likeness (QED) is 0.705. The van der Waals surface area contributed by atoms with E-state index in [2.05, 4.69) is 12.2 Å². The Hall–Kier alpha value is -2.86. The molecule has 1 heterocycles. The fourth-order valence-corrected chi connectivity index (χ4v) is 3.85. The standard InChI is InChI=1S/C21H21NO4S/c1-4-15-8-10-16(11-9-15)18-12-13-19(26-18)21(23)22-17-6-5-7-20(14(17)2)27(3,24)25/h5-13H,4H2,1-3H3,(H,22,23). The number of furan rings is 1. The molecular weight excluding hydrogens is 362 g/mol. The van der Waals surface area contributed by atoms with E-state index in [1.54, 1.807) is 31.2 Å². The van der Waals surface area contributed by atoms with Crippen molar-refractivity contribution in [2.24, 2.45) is 0 Å². The van der Waals surface area contributed by atoms with Gasteiger partial charge in [-0.15, -0.1) is 0 Å². The Labute approximate surface area is 159 Å². The maximum absolute atomic E-state index is 12.5. The molecule has 0 aliphatic heterocycles. The molecule has 0 radical (unpaired) electrons. The van der Waals surface area contributed by atoms with Gasteiger partial charge in [0.2, 0.25) is 0 Å². The van der Waals surface area contributed by atoms with Crippen LogP contribution < -0.4 is 5.32 Å². The van der Waals surface area contributed by atoms with Crippen LogP contribution in [0.1, 0.15) is 28.6 Å². The molecule has 0 aliphatic rings. The number of benzene rings is 2. The summed E-state index contributed by atoms with van der Waals surface area (Å²) in [6.45, 7) is 3.75. The molecule has 5 nitrogen and oxygen atoms in total. The molecule has 0 saturated carbocycles. The van der Waals surface area contributed by atoms with E-state index in [0.717, 1.165) is 18.2 Å². The molecule has 0 bridgehead atoms. The number of carbonyl (C=O) groups excluding carboxylic acids is 1. The van der Waals surface area contributed by atoms with Gasteiger partial charge in [0, 0.05) is 17.5 Å². The second kappa shape index (κ2) is 7.40. The Morgan fingerprint density at radius 2 is 1.74 bits per heavy atom. The summed E-state index contributed by atoms with van der Waals surface area (Å²) in [5.41, 5.74) is 3.05. The molecule has 0 fully saturated rings. The summed E-state index contributed by atoms with van der Waals surface area (Å²) in [5, 5.41) is 2.72. The fourth-order valence-electron chi connectivity index (χ4n) is 2.86. The number of anilines is 1. The van der Waals surface area contributed by atoms with Crippen LogP contribution in [-0.2, 0) is 16.3 Å². The van der Waals surface area contributed by atoms with E-state index in [0.29, 0.717) is 17.0 Å². The summed E-state index contributed by atoms with van der Waals surface area (Å²) >= 11 is 0. The first-order chi connectivity index (χ1) is 12.8. The monoisotopic (exact) mass is 383 g/mol. The van der Waals surface area contributed by atoms with E-state index in [9.17, 15) is 13.2 Å². The highest BCUT2D eigenvalue weighted by molar-refractivity contribution is 7.90. The Balaban J connectivity index is 1.83. The van der Waals surface area contributed by atoms with Crippen molar-refractivity contribution >= 4 is 21.4 Å². The molecule has 1 N–H and O–H groups in total. The summed E-state index contributed by atoms with van der Waals surface area (Å²) in [6.07, 6.45) is 2.10. The smallest absolute Gasteiger partial charge is 0.291 e. The third-order valence-corrected chi connectivity index (χ3v) is 5.65. The normalized spacial score (nSPS) is 11.4. The number of hydrogen-bond acceptors (Lipinski definition) is 4. The number of amides is 1. The van der Waals surface area contributed by atoms with E-state index in [4.69, 9.17) is 4.42 Å². The van der Waals surface area contributed by atoms with Crippen LogP contribution in [0.2, 0.25) is 0 Å². The lowest BCUT2D eigenvalue weighted by molar-refractivity contribution is 0.0997. The number of rotatable bonds is 5. The first kappa shape index (κ1) is 18.9. The highest BCUT2D eigenvalue weighted by Crippen LogP contribution is 2.26. The summed E-state index contributed by atoms with van der Waals surface area (Å²) < 4.78 is 29.4. The van der Waals surface area contributed by atoms with Crippen molar-refractivity contribution in [1.29, 1.82) is 0 Å². The molecule has 0 spiro atoms. The average Bonchev–Trinajstić information content (AvgIpc) is 3.13. The number of sulfone groups is 1. The van der Waals surface area contributed by atoms with Crippen LogP contribution in [0.15, 0.2) is 63.9 Å². The molecule has 3 aromatic rings. The maximum atomic E-state index is 12.5. The molecule has 6 heteroatoms. The van der Waals surface area contributed by atoms with Crippen LogP contribution in [0, 0.1) is 6.92 Å². The molecule has 0 atom stereocenters. The molecule has 1 amide bonds. The summed E-state index contributed by atoms with van der Waals surface area (Å²) in [7, 11) is -3.37. The van der Waals surface area contributed by atoms with Crippen molar-refractivity contribution in [1.82, 2.24) is 0 Å². The molecule has 0 aliphatic carbocycles. The predicted octanol–water partition coefficient (Wildman–Crippen LogP) is 4.47. The van der Waals surface area contributed by atoms with Crippen molar-refractivity contribution in [2.45, 2.75) is 25.2 Å². The van der Waals surface area contributed by atoms with Gasteiger partial charge in [-0.1, -0.05) is 37.3 Å². The number of nitrogens with one attached hydrogen (secondary N) is 1. The average molecular weight is 383 g/mol. The van der Waals surface area contributed by atoms with Crippen LogP contribution >= 0.6 is 0 Å². The van der Waals surface area contributed by atoms with Crippen molar-refractivity contribution in [3.63, 3.8) is 0 Å². The topological polar surface area (TPSA) is 76.4 Å². The van der Waals surface area contributed by atoms with Gasteiger partial charge < -0.3 is 9.73 Å². The molecule has 0 unspecified atom stereocenters. The minimum Gasteiger partial charge on any atom is -0.451 e. The van der Waals surface area contributed by atoms with Gasteiger partial charge in [0.05, 0.1) is 4.90 Å². The third-order valence-electron chi connectivity index (χ3n) is 4.41. The van der Waals surface area contributed by atoms with Gasteiger partial charge in [-0.25, -0.2) is 8.42 Å². The molecular formula is C21H21NO4S.